The number of rotatable bonds is 2. The maximum Gasteiger partial charge on any atom is 0.129 e. The van der Waals surface area contributed by atoms with Crippen molar-refractivity contribution >= 4 is 0 Å². The van der Waals surface area contributed by atoms with Crippen LogP contribution in [-0.4, -0.2) is 29.1 Å². The summed E-state index contributed by atoms with van der Waals surface area (Å²) in [7, 11) is 2.18. The van der Waals surface area contributed by atoms with Gasteiger partial charge < -0.3 is 10.0 Å². The summed E-state index contributed by atoms with van der Waals surface area (Å²) in [5.74, 6) is -0.0547. The molecule has 0 radical (unpaired) electrons. The average Bonchev–Trinajstić information content (AvgIpc) is 2.61. The van der Waals surface area contributed by atoms with Gasteiger partial charge >= 0.3 is 0 Å². The molecule has 2 heterocycles. The zero-order valence-electron chi connectivity index (χ0n) is 12.6. The minimum Gasteiger partial charge on any atom is -0.388 e. The van der Waals surface area contributed by atoms with E-state index >= 15 is 0 Å². The highest BCUT2D eigenvalue weighted by Gasteiger charge is 2.41. The van der Waals surface area contributed by atoms with Crippen LogP contribution in [0.25, 0.3) is 0 Å². The molecule has 20 heavy (non-hydrogen) atoms. The molecule has 0 amide bonds. The van der Waals surface area contributed by atoms with Gasteiger partial charge in [0.1, 0.15) is 5.82 Å². The second-order valence-electron chi connectivity index (χ2n) is 6.70. The number of fused-ring (bicyclic) bond motifs is 2. The quantitative estimate of drug-likeness (QED) is 0.896. The molecule has 3 atom stereocenters. The van der Waals surface area contributed by atoms with Crippen molar-refractivity contribution in [1.29, 1.82) is 0 Å². The number of piperidine rings is 1. The van der Waals surface area contributed by atoms with Crippen LogP contribution in [0.3, 0.4) is 0 Å². The maximum absolute atomic E-state index is 14.2. The van der Waals surface area contributed by atoms with Crippen LogP contribution < -0.4 is 0 Å². The van der Waals surface area contributed by atoms with Gasteiger partial charge in [-0.1, -0.05) is 6.07 Å². The molecule has 2 fully saturated rings. The van der Waals surface area contributed by atoms with Gasteiger partial charge in [0.15, 0.2) is 0 Å². The highest BCUT2D eigenvalue weighted by Crippen LogP contribution is 2.43. The smallest absolute Gasteiger partial charge is 0.129 e. The van der Waals surface area contributed by atoms with Gasteiger partial charge in [-0.05, 0) is 69.7 Å². The topological polar surface area (TPSA) is 23.5 Å². The number of benzene rings is 1. The van der Waals surface area contributed by atoms with E-state index in [4.69, 9.17) is 0 Å². The lowest BCUT2D eigenvalue weighted by molar-refractivity contribution is 0.0333. The van der Waals surface area contributed by atoms with E-state index in [2.05, 4.69) is 11.9 Å². The molecule has 2 bridgehead atoms. The second kappa shape index (κ2) is 5.12. The van der Waals surface area contributed by atoms with Gasteiger partial charge in [0.25, 0.3) is 0 Å². The Morgan fingerprint density at radius 2 is 1.80 bits per heavy atom. The molecule has 3 heteroatoms. The predicted molar refractivity (Wildman–Crippen MR) is 78.1 cm³/mol. The van der Waals surface area contributed by atoms with E-state index in [1.165, 1.54) is 18.9 Å². The fraction of sp³-hybridized carbons (Fsp3) is 0.647. The number of nitrogens with zero attached hydrogens (tertiary/aromatic N) is 1. The van der Waals surface area contributed by atoms with Gasteiger partial charge in [0, 0.05) is 17.6 Å². The van der Waals surface area contributed by atoms with Gasteiger partial charge in [-0.2, -0.15) is 0 Å². The first-order valence-corrected chi connectivity index (χ1v) is 7.64. The highest BCUT2D eigenvalue weighted by molar-refractivity contribution is 5.34. The van der Waals surface area contributed by atoms with Crippen LogP contribution in [0.4, 0.5) is 4.39 Å². The molecule has 0 saturated carbocycles. The lowest BCUT2D eigenvalue weighted by Gasteiger charge is -2.38. The van der Waals surface area contributed by atoms with Crippen LogP contribution >= 0.6 is 0 Å². The molecule has 0 spiro atoms. The summed E-state index contributed by atoms with van der Waals surface area (Å²) in [4.78, 5) is 2.45. The molecule has 110 valence electrons. The zero-order chi connectivity index (χ0) is 14.4. The summed E-state index contributed by atoms with van der Waals surface area (Å²) in [6.45, 7) is 3.79. The second-order valence-corrected chi connectivity index (χ2v) is 6.70. The fourth-order valence-electron chi connectivity index (χ4n) is 4.25. The molecule has 3 rings (SSSR count). The van der Waals surface area contributed by atoms with Gasteiger partial charge in [-0.3, -0.25) is 0 Å². The number of aliphatic hydroxyl groups is 1. The molecule has 2 aliphatic rings. The summed E-state index contributed by atoms with van der Waals surface area (Å²) in [5, 5.41) is 10.7. The van der Waals surface area contributed by atoms with Crippen LogP contribution in [0.15, 0.2) is 12.1 Å². The Balaban J connectivity index is 1.85. The fourth-order valence-corrected chi connectivity index (χ4v) is 4.25. The monoisotopic (exact) mass is 277 g/mol. The first-order valence-electron chi connectivity index (χ1n) is 7.64. The molecule has 2 aliphatic heterocycles. The van der Waals surface area contributed by atoms with E-state index in [0.717, 1.165) is 24.0 Å². The minimum absolute atomic E-state index is 0.194. The van der Waals surface area contributed by atoms with E-state index in [1.54, 1.807) is 0 Å². The Kier molecular flexibility index (Phi) is 3.59. The molecule has 1 N–H and O–H groups in total. The summed E-state index contributed by atoms with van der Waals surface area (Å²) >= 11 is 0. The highest BCUT2D eigenvalue weighted by atomic mass is 19.1. The predicted octanol–water partition coefficient (Wildman–Crippen LogP) is 3.35. The van der Waals surface area contributed by atoms with Crippen LogP contribution in [0.1, 0.15) is 48.5 Å². The number of hydrogen-bond donors (Lipinski definition) is 1. The van der Waals surface area contributed by atoms with Gasteiger partial charge in [-0.25, -0.2) is 4.39 Å². The molecule has 2 nitrogen and oxygen atoms in total. The Bertz CT molecular complexity index is 479. The minimum atomic E-state index is -0.660. The van der Waals surface area contributed by atoms with Crippen LogP contribution in [0.5, 0.6) is 0 Å². The van der Waals surface area contributed by atoms with Crippen molar-refractivity contribution in [3.63, 3.8) is 0 Å². The summed E-state index contributed by atoms with van der Waals surface area (Å²) in [6, 6.07) is 4.64. The van der Waals surface area contributed by atoms with E-state index in [0.29, 0.717) is 17.6 Å². The third-order valence-corrected chi connectivity index (χ3v) is 5.36. The number of aliphatic hydroxyl groups excluding tert-OH is 1. The van der Waals surface area contributed by atoms with Gasteiger partial charge in [0.05, 0.1) is 6.10 Å². The third-order valence-electron chi connectivity index (χ3n) is 5.36. The third kappa shape index (κ3) is 2.27. The largest absolute Gasteiger partial charge is 0.388 e. The van der Waals surface area contributed by atoms with E-state index < -0.39 is 6.10 Å². The maximum atomic E-state index is 14.2. The van der Waals surface area contributed by atoms with Crippen molar-refractivity contribution < 1.29 is 9.50 Å². The summed E-state index contributed by atoms with van der Waals surface area (Å²) in [6.07, 6.45) is 3.76. The average molecular weight is 277 g/mol. The molecular weight excluding hydrogens is 253 g/mol. The first-order chi connectivity index (χ1) is 9.47. The van der Waals surface area contributed by atoms with Crippen molar-refractivity contribution in [1.82, 2.24) is 4.90 Å². The Morgan fingerprint density at radius 1 is 1.20 bits per heavy atom. The number of halogens is 1. The van der Waals surface area contributed by atoms with Crippen molar-refractivity contribution in [2.24, 2.45) is 5.92 Å². The molecule has 2 saturated heterocycles. The summed E-state index contributed by atoms with van der Waals surface area (Å²) in [5.41, 5.74) is 2.31. The van der Waals surface area contributed by atoms with Crippen molar-refractivity contribution in [3.05, 3.63) is 34.6 Å². The van der Waals surface area contributed by atoms with E-state index in [9.17, 15) is 9.50 Å². The molecule has 0 aliphatic carbocycles. The van der Waals surface area contributed by atoms with Crippen LogP contribution in [0.2, 0.25) is 0 Å². The Labute approximate surface area is 120 Å². The lowest BCUT2D eigenvalue weighted by atomic mass is 9.82. The van der Waals surface area contributed by atoms with E-state index in [1.807, 2.05) is 19.9 Å². The van der Waals surface area contributed by atoms with Gasteiger partial charge in [-0.15, -0.1) is 0 Å². The van der Waals surface area contributed by atoms with Crippen LogP contribution in [0, 0.1) is 25.6 Å². The standard InChI is InChI=1S/C17H24FNO/c1-10-6-11(2)16(15(18)7-10)17(20)12-8-13-4-5-14(9-12)19(13)3/h6-7,12-14,17,20H,4-5,8-9H2,1-3H3. The zero-order valence-corrected chi connectivity index (χ0v) is 12.6. The molecule has 0 aromatic heterocycles. The normalized spacial score (nSPS) is 31.6. The Morgan fingerprint density at radius 3 is 2.35 bits per heavy atom. The van der Waals surface area contributed by atoms with Crippen molar-refractivity contribution in [2.45, 2.75) is 57.7 Å². The van der Waals surface area contributed by atoms with Crippen LogP contribution in [-0.2, 0) is 0 Å². The first kappa shape index (κ1) is 14.0. The molecule has 1 aromatic rings. The van der Waals surface area contributed by atoms with Crippen molar-refractivity contribution in [2.75, 3.05) is 7.05 Å². The molecule has 1 aromatic carbocycles. The SMILES string of the molecule is Cc1cc(C)c(C(O)C2CC3CCC(C2)N3C)c(F)c1. The number of aryl methyl sites for hydroxylation is 2. The van der Waals surface area contributed by atoms with Crippen molar-refractivity contribution in [3.8, 4) is 0 Å². The van der Waals surface area contributed by atoms with Gasteiger partial charge in [0.2, 0.25) is 0 Å². The van der Waals surface area contributed by atoms with E-state index in [-0.39, 0.29) is 11.7 Å². The number of hydrogen-bond acceptors (Lipinski definition) is 2. The lowest BCUT2D eigenvalue weighted by Crippen LogP contribution is -2.41. The Hall–Kier alpha value is -0.930. The molecule has 3 unspecified atom stereocenters. The molecular formula is C17H24FNO. The summed E-state index contributed by atoms with van der Waals surface area (Å²) < 4.78 is 14.2.